The van der Waals surface area contributed by atoms with E-state index >= 15 is 0 Å². The van der Waals surface area contributed by atoms with Crippen LogP contribution in [0.1, 0.15) is 35.3 Å². The smallest absolute Gasteiger partial charge is 0.264 e. The van der Waals surface area contributed by atoms with Crippen molar-refractivity contribution in [2.45, 2.75) is 38.1 Å². The van der Waals surface area contributed by atoms with Crippen LogP contribution in [-0.4, -0.2) is 27.0 Å². The van der Waals surface area contributed by atoms with Gasteiger partial charge < -0.3 is 10.1 Å². The molecule has 0 aromatic heterocycles. The number of amides is 1. The molecule has 7 heteroatoms. The van der Waals surface area contributed by atoms with Crippen molar-refractivity contribution in [1.29, 1.82) is 0 Å². The number of carbonyl (C=O) groups is 1. The molecule has 32 heavy (non-hydrogen) atoms. The Morgan fingerprint density at radius 1 is 1.06 bits per heavy atom. The lowest BCUT2D eigenvalue weighted by Crippen LogP contribution is -2.35. The second-order valence-corrected chi connectivity index (χ2v) is 9.74. The van der Waals surface area contributed by atoms with Crippen molar-refractivity contribution < 1.29 is 17.9 Å². The molecule has 1 heterocycles. The van der Waals surface area contributed by atoms with E-state index in [9.17, 15) is 13.2 Å². The van der Waals surface area contributed by atoms with Crippen LogP contribution in [0.4, 0.5) is 11.4 Å². The van der Waals surface area contributed by atoms with Gasteiger partial charge >= 0.3 is 0 Å². The van der Waals surface area contributed by atoms with Gasteiger partial charge in [0.25, 0.3) is 15.9 Å². The first-order chi connectivity index (χ1) is 15.3. The zero-order valence-corrected chi connectivity index (χ0v) is 19.1. The largest absolute Gasteiger partial charge is 0.494 e. The maximum atomic E-state index is 13.3. The highest BCUT2D eigenvalue weighted by atomic mass is 32.2. The zero-order chi connectivity index (χ0) is 22.9. The molecule has 1 amide bonds. The Kier molecular flexibility index (Phi) is 5.93. The van der Waals surface area contributed by atoms with Crippen LogP contribution in [0.15, 0.2) is 71.6 Å². The van der Waals surface area contributed by atoms with Gasteiger partial charge in [0, 0.05) is 17.3 Å². The second kappa shape index (κ2) is 8.67. The van der Waals surface area contributed by atoms with Crippen LogP contribution in [0, 0.1) is 6.92 Å². The number of ether oxygens (including phenoxy) is 1. The topological polar surface area (TPSA) is 75.7 Å². The van der Waals surface area contributed by atoms with Gasteiger partial charge in [-0.25, -0.2) is 8.42 Å². The molecule has 0 saturated carbocycles. The van der Waals surface area contributed by atoms with Crippen LogP contribution in [-0.2, 0) is 16.4 Å². The Morgan fingerprint density at radius 2 is 1.75 bits per heavy atom. The van der Waals surface area contributed by atoms with Gasteiger partial charge in [0.15, 0.2) is 0 Å². The van der Waals surface area contributed by atoms with Crippen LogP contribution >= 0.6 is 0 Å². The molecule has 1 aliphatic heterocycles. The fourth-order valence-electron chi connectivity index (χ4n) is 3.94. The minimum Gasteiger partial charge on any atom is -0.494 e. The van der Waals surface area contributed by atoms with Crippen LogP contribution < -0.4 is 14.4 Å². The summed E-state index contributed by atoms with van der Waals surface area (Å²) in [5.74, 6) is 0.497. The van der Waals surface area contributed by atoms with E-state index in [4.69, 9.17) is 4.74 Å². The molecule has 1 N–H and O–H groups in total. The van der Waals surface area contributed by atoms with E-state index in [2.05, 4.69) is 5.32 Å². The summed E-state index contributed by atoms with van der Waals surface area (Å²) in [5, 5.41) is 2.88. The van der Waals surface area contributed by atoms with Crippen molar-refractivity contribution in [3.05, 3.63) is 83.4 Å². The molecule has 0 fully saturated rings. The van der Waals surface area contributed by atoms with Gasteiger partial charge in [-0.05, 0) is 87.4 Å². The molecule has 0 aliphatic carbocycles. The minimum atomic E-state index is -3.69. The molecule has 4 rings (SSSR count). The number of benzene rings is 3. The molecular formula is C25H26N2O4S. The lowest BCUT2D eigenvalue weighted by molar-refractivity contribution is 0.102. The minimum absolute atomic E-state index is 0.235. The fourth-order valence-corrected chi connectivity index (χ4v) is 5.63. The maximum Gasteiger partial charge on any atom is 0.264 e. The highest BCUT2D eigenvalue weighted by Gasteiger charge is 2.36. The number of anilines is 2. The van der Waals surface area contributed by atoms with E-state index in [0.29, 0.717) is 30.0 Å². The fraction of sp³-hybridized carbons (Fsp3) is 0.240. The molecule has 166 valence electrons. The van der Waals surface area contributed by atoms with Crippen molar-refractivity contribution in [2.24, 2.45) is 0 Å². The van der Waals surface area contributed by atoms with Crippen molar-refractivity contribution >= 4 is 27.3 Å². The molecule has 0 unspecified atom stereocenters. The van der Waals surface area contributed by atoms with Crippen molar-refractivity contribution in [1.82, 2.24) is 0 Å². The summed E-state index contributed by atoms with van der Waals surface area (Å²) in [7, 11) is -3.69. The number of carbonyl (C=O) groups excluding carboxylic acids is 1. The summed E-state index contributed by atoms with van der Waals surface area (Å²) in [5.41, 5.74) is 3.61. The van der Waals surface area contributed by atoms with E-state index in [1.807, 2.05) is 20.8 Å². The molecule has 1 atom stereocenters. The predicted octanol–water partition coefficient (Wildman–Crippen LogP) is 4.79. The molecule has 3 aromatic carbocycles. The molecule has 6 nitrogen and oxygen atoms in total. The third kappa shape index (κ3) is 4.21. The molecule has 1 aliphatic rings. The summed E-state index contributed by atoms with van der Waals surface area (Å²) < 4.78 is 33.5. The Balaban J connectivity index is 1.57. The lowest BCUT2D eigenvalue weighted by Gasteiger charge is -2.24. The van der Waals surface area contributed by atoms with Crippen LogP contribution in [0.5, 0.6) is 5.75 Å². The van der Waals surface area contributed by atoms with Gasteiger partial charge in [0.2, 0.25) is 0 Å². The second-order valence-electron chi connectivity index (χ2n) is 7.92. The van der Waals surface area contributed by atoms with Gasteiger partial charge in [0.05, 0.1) is 17.2 Å². The van der Waals surface area contributed by atoms with E-state index in [1.165, 1.54) is 4.31 Å². The number of hydrogen-bond acceptors (Lipinski definition) is 4. The molecule has 0 radical (unpaired) electrons. The summed E-state index contributed by atoms with van der Waals surface area (Å²) in [6.07, 6.45) is 0.546. The summed E-state index contributed by atoms with van der Waals surface area (Å²) in [4.78, 5) is 13.0. The third-order valence-electron chi connectivity index (χ3n) is 5.50. The van der Waals surface area contributed by atoms with Crippen LogP contribution in [0.3, 0.4) is 0 Å². The predicted molar refractivity (Wildman–Crippen MR) is 126 cm³/mol. The highest BCUT2D eigenvalue weighted by Crippen LogP contribution is 2.37. The molecule has 0 bridgehead atoms. The average Bonchev–Trinajstić information content (AvgIpc) is 3.11. The summed E-state index contributed by atoms with van der Waals surface area (Å²) in [6, 6.07) is 19.0. The SMILES string of the molecule is CCOc1ccc(NC(=O)c2ccc3c(c2)C[C@@H](C)N3S(=O)(=O)c2ccc(C)cc2)cc1. The maximum absolute atomic E-state index is 13.3. The standard InChI is InChI=1S/C25H26N2O4S/c1-4-31-22-10-8-21(9-11-22)26-25(28)19-7-14-24-20(16-19)15-18(3)27(24)32(29,30)23-12-5-17(2)6-13-23/h5-14,16,18H,4,15H2,1-3H3,(H,26,28)/t18-/m1/s1. The molecular weight excluding hydrogens is 424 g/mol. The van der Waals surface area contributed by atoms with Gasteiger partial charge in [0.1, 0.15) is 5.75 Å². The quantitative estimate of drug-likeness (QED) is 0.586. The number of aryl methyl sites for hydroxylation is 1. The van der Waals surface area contributed by atoms with Crippen molar-refractivity contribution in [3.63, 3.8) is 0 Å². The molecule has 3 aromatic rings. The van der Waals surface area contributed by atoms with Crippen molar-refractivity contribution in [3.8, 4) is 5.75 Å². The molecule has 0 saturated heterocycles. The van der Waals surface area contributed by atoms with E-state index in [0.717, 1.165) is 16.9 Å². The number of rotatable bonds is 6. The third-order valence-corrected chi connectivity index (χ3v) is 7.44. The Labute approximate surface area is 188 Å². The normalized spacial score (nSPS) is 15.3. The first-order valence-electron chi connectivity index (χ1n) is 10.6. The Bertz CT molecular complexity index is 1240. The molecule has 0 spiro atoms. The van der Waals surface area contributed by atoms with E-state index < -0.39 is 10.0 Å². The first-order valence-corrected chi connectivity index (χ1v) is 12.0. The van der Waals surface area contributed by atoms with Crippen LogP contribution in [0.25, 0.3) is 0 Å². The Morgan fingerprint density at radius 3 is 2.41 bits per heavy atom. The number of hydrogen-bond donors (Lipinski definition) is 1. The van der Waals surface area contributed by atoms with Gasteiger partial charge in [-0.2, -0.15) is 0 Å². The summed E-state index contributed by atoms with van der Waals surface area (Å²) >= 11 is 0. The van der Waals surface area contributed by atoms with E-state index in [1.54, 1.807) is 66.7 Å². The number of nitrogens with zero attached hydrogens (tertiary/aromatic N) is 1. The van der Waals surface area contributed by atoms with Crippen molar-refractivity contribution in [2.75, 3.05) is 16.2 Å². The Hall–Kier alpha value is -3.32. The lowest BCUT2D eigenvalue weighted by atomic mass is 10.1. The van der Waals surface area contributed by atoms with Crippen LogP contribution in [0.2, 0.25) is 0 Å². The summed E-state index contributed by atoms with van der Waals surface area (Å²) in [6.45, 7) is 6.29. The highest BCUT2D eigenvalue weighted by molar-refractivity contribution is 7.92. The van der Waals surface area contributed by atoms with E-state index in [-0.39, 0.29) is 16.8 Å². The first kappa shape index (κ1) is 21.9. The average molecular weight is 451 g/mol. The number of nitrogens with one attached hydrogen (secondary N) is 1. The van der Waals surface area contributed by atoms with Gasteiger partial charge in [-0.15, -0.1) is 0 Å². The zero-order valence-electron chi connectivity index (χ0n) is 18.3. The van der Waals surface area contributed by atoms with Gasteiger partial charge in [-0.1, -0.05) is 17.7 Å². The number of fused-ring (bicyclic) bond motifs is 1. The van der Waals surface area contributed by atoms with Gasteiger partial charge in [-0.3, -0.25) is 9.10 Å². The monoisotopic (exact) mass is 450 g/mol. The number of sulfonamides is 1.